The maximum atomic E-state index is 11.5. The van der Waals surface area contributed by atoms with Gasteiger partial charge in [0.05, 0.1) is 7.11 Å². The number of carbonyl (C=O) groups excluding carboxylic acids is 1. The number of carbonyl (C=O) groups is 1. The minimum Gasteiger partial charge on any atom is -0.491 e. The molecule has 0 saturated heterocycles. The summed E-state index contributed by atoms with van der Waals surface area (Å²) in [5, 5.41) is 0. The van der Waals surface area contributed by atoms with E-state index in [1.807, 2.05) is 12.1 Å². The van der Waals surface area contributed by atoms with Gasteiger partial charge in [-0.2, -0.15) is 0 Å². The van der Waals surface area contributed by atoms with E-state index in [0.717, 1.165) is 18.6 Å². The van der Waals surface area contributed by atoms with E-state index in [0.29, 0.717) is 0 Å². The number of hydrogen-bond donors (Lipinski definition) is 1. The van der Waals surface area contributed by atoms with Crippen molar-refractivity contribution in [2.24, 2.45) is 5.73 Å². The Morgan fingerprint density at radius 3 is 2.84 bits per heavy atom. The van der Waals surface area contributed by atoms with Crippen LogP contribution in [0.4, 0.5) is 0 Å². The van der Waals surface area contributed by atoms with Gasteiger partial charge >= 0.3 is 5.97 Å². The normalized spacial score (nSPS) is 17.2. The number of nitrogens with two attached hydrogens (primary N) is 1. The van der Waals surface area contributed by atoms with Crippen LogP contribution in [-0.4, -0.2) is 25.2 Å². The molecule has 0 saturated carbocycles. The molecule has 0 aliphatic heterocycles. The largest absolute Gasteiger partial charge is 0.491 e. The lowest BCUT2D eigenvalue weighted by molar-refractivity contribution is -0.147. The second-order valence-corrected chi connectivity index (χ2v) is 5.30. The van der Waals surface area contributed by atoms with Crippen LogP contribution in [0.25, 0.3) is 0 Å². The molecule has 1 atom stereocenters. The van der Waals surface area contributed by atoms with E-state index in [2.05, 4.69) is 10.8 Å². The smallest absolute Gasteiger partial charge is 0.329 e. The molecule has 19 heavy (non-hydrogen) atoms. The Kier molecular flexibility index (Phi) is 4.10. The van der Waals surface area contributed by atoms with Crippen LogP contribution in [0.1, 0.15) is 30.9 Å². The van der Waals surface area contributed by atoms with Gasteiger partial charge in [-0.1, -0.05) is 12.1 Å². The van der Waals surface area contributed by atoms with Crippen molar-refractivity contribution in [1.29, 1.82) is 0 Å². The first-order valence-corrected chi connectivity index (χ1v) is 6.65. The van der Waals surface area contributed by atoms with Crippen molar-refractivity contribution in [3.63, 3.8) is 0 Å². The third kappa shape index (κ3) is 3.07. The van der Waals surface area contributed by atoms with Gasteiger partial charge in [0.1, 0.15) is 17.9 Å². The molecule has 0 amide bonds. The van der Waals surface area contributed by atoms with Gasteiger partial charge < -0.3 is 15.2 Å². The second kappa shape index (κ2) is 5.61. The number of hydrogen-bond acceptors (Lipinski definition) is 4. The molecule has 0 heterocycles. The third-order valence-electron chi connectivity index (χ3n) is 3.53. The monoisotopic (exact) mass is 263 g/mol. The summed E-state index contributed by atoms with van der Waals surface area (Å²) in [6, 6.07) is 6.08. The van der Waals surface area contributed by atoms with Crippen molar-refractivity contribution in [3.8, 4) is 5.75 Å². The van der Waals surface area contributed by atoms with Crippen LogP contribution in [0.5, 0.6) is 5.75 Å². The first-order valence-electron chi connectivity index (χ1n) is 6.65. The maximum absolute atomic E-state index is 11.5. The minimum absolute atomic E-state index is 0.121. The Morgan fingerprint density at radius 1 is 1.37 bits per heavy atom. The lowest BCUT2D eigenvalue weighted by Crippen LogP contribution is -2.50. The number of methoxy groups -OCH3 is 1. The van der Waals surface area contributed by atoms with Crippen LogP contribution < -0.4 is 10.5 Å². The van der Waals surface area contributed by atoms with Crippen LogP contribution in [0.3, 0.4) is 0 Å². The molecule has 1 unspecified atom stereocenters. The predicted octanol–water partition coefficient (Wildman–Crippen LogP) is 1.83. The molecule has 0 bridgehead atoms. The molecule has 0 fully saturated rings. The molecule has 4 nitrogen and oxygen atoms in total. The van der Waals surface area contributed by atoms with Crippen LogP contribution >= 0.6 is 0 Å². The molecule has 1 aliphatic carbocycles. The van der Waals surface area contributed by atoms with Crippen LogP contribution in [-0.2, 0) is 22.4 Å². The van der Waals surface area contributed by atoms with E-state index in [1.165, 1.54) is 31.1 Å². The fourth-order valence-corrected chi connectivity index (χ4v) is 2.40. The highest BCUT2D eigenvalue weighted by Gasteiger charge is 2.31. The van der Waals surface area contributed by atoms with Crippen molar-refractivity contribution >= 4 is 5.97 Å². The molecular weight excluding hydrogens is 242 g/mol. The van der Waals surface area contributed by atoms with Gasteiger partial charge in [0.2, 0.25) is 0 Å². The summed E-state index contributed by atoms with van der Waals surface area (Å²) in [5.41, 5.74) is 7.38. The number of benzene rings is 1. The van der Waals surface area contributed by atoms with E-state index in [4.69, 9.17) is 10.5 Å². The third-order valence-corrected chi connectivity index (χ3v) is 3.53. The summed E-state index contributed by atoms with van der Waals surface area (Å²) in [5.74, 6) is 0.384. The number of fused-ring (bicyclic) bond motifs is 1. The van der Waals surface area contributed by atoms with E-state index in [-0.39, 0.29) is 6.61 Å². The Hall–Kier alpha value is -1.55. The average molecular weight is 263 g/mol. The predicted molar refractivity (Wildman–Crippen MR) is 73.2 cm³/mol. The summed E-state index contributed by atoms with van der Waals surface area (Å²) in [4.78, 5) is 11.5. The van der Waals surface area contributed by atoms with Gasteiger partial charge in [-0.25, -0.2) is 4.79 Å². The fraction of sp³-hybridized carbons (Fsp3) is 0.533. The molecule has 4 heteroatoms. The lowest BCUT2D eigenvalue weighted by atomic mass is 9.91. The fourth-order valence-electron chi connectivity index (χ4n) is 2.40. The molecule has 0 radical (unpaired) electrons. The molecular formula is C15H21NO3. The van der Waals surface area contributed by atoms with Crippen LogP contribution in [0.15, 0.2) is 18.2 Å². The molecule has 1 aliphatic rings. The quantitative estimate of drug-likeness (QED) is 0.842. The van der Waals surface area contributed by atoms with Gasteiger partial charge in [0, 0.05) is 0 Å². The minimum atomic E-state index is -1.12. The maximum Gasteiger partial charge on any atom is 0.329 e. The Labute approximate surface area is 113 Å². The molecule has 1 aromatic carbocycles. The number of ether oxygens (including phenoxy) is 2. The van der Waals surface area contributed by atoms with Gasteiger partial charge in [-0.15, -0.1) is 0 Å². The van der Waals surface area contributed by atoms with E-state index in [9.17, 15) is 4.79 Å². The molecule has 1 aromatic rings. The van der Waals surface area contributed by atoms with Gasteiger partial charge in [-0.05, 0) is 49.8 Å². The van der Waals surface area contributed by atoms with Crippen LogP contribution in [0, 0.1) is 0 Å². The lowest BCUT2D eigenvalue weighted by Gasteiger charge is -2.24. The highest BCUT2D eigenvalue weighted by molar-refractivity contribution is 5.80. The van der Waals surface area contributed by atoms with Crippen molar-refractivity contribution in [2.45, 2.75) is 38.1 Å². The van der Waals surface area contributed by atoms with Crippen molar-refractivity contribution in [3.05, 3.63) is 29.3 Å². The zero-order valence-electron chi connectivity index (χ0n) is 11.6. The molecule has 2 N–H and O–H groups in total. The van der Waals surface area contributed by atoms with E-state index in [1.54, 1.807) is 6.92 Å². The van der Waals surface area contributed by atoms with Gasteiger partial charge in [-0.3, -0.25) is 0 Å². The first kappa shape index (κ1) is 13.9. The molecule has 2 rings (SSSR count). The average Bonchev–Trinajstić information content (AvgIpc) is 2.44. The summed E-state index contributed by atoms with van der Waals surface area (Å²) in [7, 11) is 1.33. The Bertz CT molecular complexity index is 468. The van der Waals surface area contributed by atoms with Gasteiger partial charge in [0.15, 0.2) is 0 Å². The summed E-state index contributed by atoms with van der Waals surface area (Å²) in [6.45, 7) is 1.74. The number of esters is 1. The SMILES string of the molecule is COC(=O)C(C)(N)COc1cccc2c1CCCC2. The molecule has 0 aromatic heterocycles. The summed E-state index contributed by atoms with van der Waals surface area (Å²) < 4.78 is 10.4. The highest BCUT2D eigenvalue weighted by Crippen LogP contribution is 2.29. The van der Waals surface area contributed by atoms with E-state index < -0.39 is 11.5 Å². The van der Waals surface area contributed by atoms with Crippen molar-refractivity contribution in [1.82, 2.24) is 0 Å². The number of rotatable bonds is 4. The zero-order valence-corrected chi connectivity index (χ0v) is 11.6. The first-order chi connectivity index (χ1) is 9.04. The Balaban J connectivity index is 2.10. The highest BCUT2D eigenvalue weighted by atomic mass is 16.5. The molecule has 0 spiro atoms. The topological polar surface area (TPSA) is 61.5 Å². The number of aryl methyl sites for hydroxylation is 1. The van der Waals surface area contributed by atoms with E-state index >= 15 is 0 Å². The Morgan fingerprint density at radius 2 is 2.11 bits per heavy atom. The summed E-state index contributed by atoms with van der Waals surface area (Å²) >= 11 is 0. The van der Waals surface area contributed by atoms with Crippen LogP contribution in [0.2, 0.25) is 0 Å². The standard InChI is InChI=1S/C15H21NO3/c1-15(16,14(17)18-2)10-19-13-9-5-7-11-6-3-4-8-12(11)13/h5,7,9H,3-4,6,8,10,16H2,1-2H3. The van der Waals surface area contributed by atoms with Crippen molar-refractivity contribution < 1.29 is 14.3 Å². The van der Waals surface area contributed by atoms with Crippen molar-refractivity contribution in [2.75, 3.05) is 13.7 Å². The summed E-state index contributed by atoms with van der Waals surface area (Å²) in [6.07, 6.45) is 4.55. The zero-order chi connectivity index (χ0) is 13.9. The molecule has 104 valence electrons. The second-order valence-electron chi connectivity index (χ2n) is 5.30. The van der Waals surface area contributed by atoms with Gasteiger partial charge in [0.25, 0.3) is 0 Å².